The Bertz CT molecular complexity index is 827. The van der Waals surface area contributed by atoms with Gasteiger partial charge in [-0.05, 0) is 55.3 Å². The standard InChI is InChI=1S/C20H22N2OS.ClH/c1-3-22(12-13-23)17-10-8-16(15(2)14-17)9-11-20-21-18-6-4-5-7-19(18)24-20;/h4-11,14,23H,3,12-13H2,1-2H3;1H. The molecule has 5 heteroatoms. The van der Waals surface area contributed by atoms with E-state index in [-0.39, 0.29) is 19.0 Å². The molecule has 0 aliphatic rings. The summed E-state index contributed by atoms with van der Waals surface area (Å²) < 4.78 is 1.21. The molecule has 1 aromatic heterocycles. The zero-order valence-corrected chi connectivity index (χ0v) is 16.1. The summed E-state index contributed by atoms with van der Waals surface area (Å²) in [5.41, 5.74) is 4.62. The smallest absolute Gasteiger partial charge is 0.117 e. The van der Waals surface area contributed by atoms with Crippen LogP contribution in [-0.2, 0) is 0 Å². The van der Waals surface area contributed by atoms with Crippen molar-refractivity contribution in [2.24, 2.45) is 0 Å². The number of aliphatic hydroxyl groups is 1. The number of halogens is 1. The number of hydrogen-bond donors (Lipinski definition) is 1. The van der Waals surface area contributed by atoms with Gasteiger partial charge in [0, 0.05) is 18.8 Å². The number of fused-ring (bicyclic) bond motifs is 1. The van der Waals surface area contributed by atoms with Crippen molar-refractivity contribution in [3.63, 3.8) is 0 Å². The van der Waals surface area contributed by atoms with Crippen LogP contribution in [0, 0.1) is 6.92 Å². The summed E-state index contributed by atoms with van der Waals surface area (Å²) in [5.74, 6) is 0. The Kier molecular flexibility index (Phi) is 7.00. The van der Waals surface area contributed by atoms with Gasteiger partial charge in [0.15, 0.2) is 0 Å². The van der Waals surface area contributed by atoms with Crippen LogP contribution in [-0.4, -0.2) is 29.8 Å². The molecule has 0 amide bonds. The van der Waals surface area contributed by atoms with E-state index in [4.69, 9.17) is 5.11 Å². The first-order valence-electron chi connectivity index (χ1n) is 8.21. The zero-order valence-electron chi connectivity index (χ0n) is 14.5. The van der Waals surface area contributed by atoms with E-state index in [0.29, 0.717) is 6.54 Å². The van der Waals surface area contributed by atoms with Gasteiger partial charge in [0.25, 0.3) is 0 Å². The molecular weight excluding hydrogens is 352 g/mol. The molecule has 0 aliphatic heterocycles. The Hall–Kier alpha value is -1.88. The summed E-state index contributed by atoms with van der Waals surface area (Å²) in [6.07, 6.45) is 4.21. The van der Waals surface area contributed by atoms with Crippen LogP contribution in [0.2, 0.25) is 0 Å². The van der Waals surface area contributed by atoms with Gasteiger partial charge in [-0.3, -0.25) is 0 Å². The minimum atomic E-state index is 0. The molecule has 0 saturated carbocycles. The summed E-state index contributed by atoms with van der Waals surface area (Å²) >= 11 is 1.71. The van der Waals surface area contributed by atoms with Crippen molar-refractivity contribution in [2.75, 3.05) is 24.6 Å². The summed E-state index contributed by atoms with van der Waals surface area (Å²) in [6.45, 7) is 5.95. The fourth-order valence-corrected chi connectivity index (χ4v) is 3.63. The third-order valence-corrected chi connectivity index (χ3v) is 5.09. The van der Waals surface area contributed by atoms with Gasteiger partial charge in [0.05, 0.1) is 16.8 Å². The average molecular weight is 375 g/mol. The number of aromatic nitrogens is 1. The van der Waals surface area contributed by atoms with E-state index < -0.39 is 0 Å². The molecule has 3 rings (SSSR count). The number of benzene rings is 2. The summed E-state index contributed by atoms with van der Waals surface area (Å²) in [7, 11) is 0. The second-order valence-corrected chi connectivity index (χ2v) is 6.76. The van der Waals surface area contributed by atoms with Crippen molar-refractivity contribution in [3.05, 3.63) is 58.6 Å². The van der Waals surface area contributed by atoms with E-state index in [1.165, 1.54) is 15.8 Å². The van der Waals surface area contributed by atoms with Gasteiger partial charge >= 0.3 is 0 Å². The molecule has 0 bridgehead atoms. The fraction of sp³-hybridized carbons (Fsp3) is 0.250. The van der Waals surface area contributed by atoms with Crippen LogP contribution >= 0.6 is 23.7 Å². The van der Waals surface area contributed by atoms with Gasteiger partial charge in [0.1, 0.15) is 5.01 Å². The van der Waals surface area contributed by atoms with Crippen LogP contribution in [0.3, 0.4) is 0 Å². The molecule has 3 aromatic rings. The molecule has 0 aliphatic carbocycles. The summed E-state index contributed by atoms with van der Waals surface area (Å²) in [5, 5.41) is 10.2. The highest BCUT2D eigenvalue weighted by atomic mass is 35.5. The number of para-hydroxylation sites is 1. The maximum atomic E-state index is 9.16. The van der Waals surface area contributed by atoms with Crippen LogP contribution in [0.5, 0.6) is 0 Å². The number of hydrogen-bond acceptors (Lipinski definition) is 4. The summed E-state index contributed by atoms with van der Waals surface area (Å²) in [4.78, 5) is 6.81. The van der Waals surface area contributed by atoms with E-state index in [1.807, 2.05) is 18.2 Å². The lowest BCUT2D eigenvalue weighted by Crippen LogP contribution is -2.26. The Morgan fingerprint density at radius 2 is 1.96 bits per heavy atom. The lowest BCUT2D eigenvalue weighted by molar-refractivity contribution is 0.302. The van der Waals surface area contributed by atoms with Crippen LogP contribution in [0.4, 0.5) is 5.69 Å². The second kappa shape index (κ2) is 8.99. The first-order chi connectivity index (χ1) is 11.7. The second-order valence-electron chi connectivity index (χ2n) is 5.70. The molecule has 25 heavy (non-hydrogen) atoms. The molecule has 0 atom stereocenters. The van der Waals surface area contributed by atoms with Crippen LogP contribution in [0.1, 0.15) is 23.1 Å². The third-order valence-electron chi connectivity index (χ3n) is 4.09. The molecule has 3 nitrogen and oxygen atoms in total. The van der Waals surface area contributed by atoms with E-state index in [2.05, 4.69) is 60.1 Å². The quantitative estimate of drug-likeness (QED) is 0.658. The van der Waals surface area contributed by atoms with Crippen molar-refractivity contribution >= 4 is 51.8 Å². The van der Waals surface area contributed by atoms with Crippen molar-refractivity contribution in [1.29, 1.82) is 0 Å². The van der Waals surface area contributed by atoms with E-state index in [1.54, 1.807) is 11.3 Å². The molecule has 2 aromatic carbocycles. The molecular formula is C20H23ClN2OS. The number of rotatable bonds is 6. The minimum absolute atomic E-state index is 0. The number of thiazole rings is 1. The van der Waals surface area contributed by atoms with Crippen molar-refractivity contribution < 1.29 is 5.11 Å². The molecule has 0 saturated heterocycles. The normalized spacial score (nSPS) is 11.0. The number of aliphatic hydroxyl groups excluding tert-OH is 1. The molecule has 0 unspecified atom stereocenters. The minimum Gasteiger partial charge on any atom is -0.395 e. The molecule has 0 spiro atoms. The maximum Gasteiger partial charge on any atom is 0.117 e. The monoisotopic (exact) mass is 374 g/mol. The Morgan fingerprint density at radius 1 is 1.16 bits per heavy atom. The number of anilines is 1. The molecule has 0 radical (unpaired) electrons. The van der Waals surface area contributed by atoms with Crippen LogP contribution in [0.15, 0.2) is 42.5 Å². The van der Waals surface area contributed by atoms with Gasteiger partial charge in [-0.1, -0.05) is 24.3 Å². The lowest BCUT2D eigenvalue weighted by Gasteiger charge is -2.22. The van der Waals surface area contributed by atoms with Gasteiger partial charge in [0.2, 0.25) is 0 Å². The Labute approximate surface area is 159 Å². The molecule has 1 heterocycles. The van der Waals surface area contributed by atoms with Gasteiger partial charge in [-0.15, -0.1) is 23.7 Å². The Balaban J connectivity index is 0.00000225. The fourth-order valence-electron chi connectivity index (χ4n) is 2.76. The van der Waals surface area contributed by atoms with Crippen molar-refractivity contribution in [2.45, 2.75) is 13.8 Å². The predicted molar refractivity (Wildman–Crippen MR) is 112 cm³/mol. The summed E-state index contributed by atoms with van der Waals surface area (Å²) in [6, 6.07) is 14.6. The number of aryl methyl sites for hydroxylation is 1. The molecule has 1 N–H and O–H groups in total. The highest BCUT2D eigenvalue weighted by Gasteiger charge is 2.05. The van der Waals surface area contributed by atoms with Gasteiger partial charge < -0.3 is 10.0 Å². The average Bonchev–Trinajstić information content (AvgIpc) is 3.01. The topological polar surface area (TPSA) is 36.4 Å². The first-order valence-corrected chi connectivity index (χ1v) is 9.03. The predicted octanol–water partition coefficient (Wildman–Crippen LogP) is 5.02. The van der Waals surface area contributed by atoms with Crippen molar-refractivity contribution in [3.8, 4) is 0 Å². The van der Waals surface area contributed by atoms with Crippen molar-refractivity contribution in [1.82, 2.24) is 4.98 Å². The van der Waals surface area contributed by atoms with E-state index in [0.717, 1.165) is 22.8 Å². The largest absolute Gasteiger partial charge is 0.395 e. The third kappa shape index (κ3) is 4.60. The highest BCUT2D eigenvalue weighted by Crippen LogP contribution is 2.25. The van der Waals surface area contributed by atoms with Gasteiger partial charge in [-0.25, -0.2) is 4.98 Å². The highest BCUT2D eigenvalue weighted by molar-refractivity contribution is 7.19. The van der Waals surface area contributed by atoms with E-state index in [9.17, 15) is 0 Å². The number of likely N-dealkylation sites (N-methyl/N-ethyl adjacent to an activating group) is 1. The number of nitrogens with zero attached hydrogens (tertiary/aromatic N) is 2. The maximum absolute atomic E-state index is 9.16. The van der Waals surface area contributed by atoms with Crippen LogP contribution < -0.4 is 4.90 Å². The zero-order chi connectivity index (χ0) is 16.9. The molecule has 0 fully saturated rings. The van der Waals surface area contributed by atoms with E-state index >= 15 is 0 Å². The lowest BCUT2D eigenvalue weighted by atomic mass is 10.1. The van der Waals surface area contributed by atoms with Crippen LogP contribution in [0.25, 0.3) is 22.4 Å². The molecule has 132 valence electrons. The van der Waals surface area contributed by atoms with Gasteiger partial charge in [-0.2, -0.15) is 0 Å². The first kappa shape index (κ1) is 19.4. The Morgan fingerprint density at radius 3 is 2.64 bits per heavy atom. The SMILES string of the molecule is CCN(CCO)c1ccc(C=Cc2nc3ccccc3s2)c(C)c1.Cl.